The molecule has 1 aliphatic heterocycles. The Balaban J connectivity index is 1.29. The summed E-state index contributed by atoms with van der Waals surface area (Å²) in [6, 6.07) is 14.9. The first-order chi connectivity index (χ1) is 14.8. The fourth-order valence-electron chi connectivity index (χ4n) is 4.28. The van der Waals surface area contributed by atoms with E-state index in [9.17, 15) is 0 Å². The highest BCUT2D eigenvalue weighted by atomic mass is 32.1. The van der Waals surface area contributed by atoms with E-state index >= 15 is 0 Å². The van der Waals surface area contributed by atoms with Gasteiger partial charge in [0.25, 0.3) is 0 Å². The summed E-state index contributed by atoms with van der Waals surface area (Å²) in [6.07, 6.45) is 2.75. The number of aromatic amines is 1. The molecule has 6 nitrogen and oxygen atoms in total. The van der Waals surface area contributed by atoms with E-state index < -0.39 is 0 Å². The van der Waals surface area contributed by atoms with Crippen molar-refractivity contribution < 1.29 is 4.74 Å². The summed E-state index contributed by atoms with van der Waals surface area (Å²) in [6.45, 7) is 3.49. The molecule has 4 aromatic rings. The van der Waals surface area contributed by atoms with Gasteiger partial charge in [0, 0.05) is 63.4 Å². The molecule has 3 aromatic heterocycles. The number of anilines is 2. The maximum Gasteiger partial charge on any atom is 0.123 e. The van der Waals surface area contributed by atoms with Gasteiger partial charge in [-0.25, -0.2) is 4.98 Å². The zero-order chi connectivity index (χ0) is 20.1. The molecule has 0 saturated carbocycles. The molecule has 0 radical (unpaired) electrons. The van der Waals surface area contributed by atoms with Gasteiger partial charge in [-0.15, -0.1) is 11.3 Å². The molecule has 1 fully saturated rings. The average molecular weight is 416 g/mol. The van der Waals surface area contributed by atoms with Crippen LogP contribution >= 0.6 is 11.3 Å². The normalized spacial score (nSPS) is 15.3. The van der Waals surface area contributed by atoms with Crippen LogP contribution in [0.1, 0.15) is 10.4 Å². The summed E-state index contributed by atoms with van der Waals surface area (Å²) in [5.41, 5.74) is 14.0. The van der Waals surface area contributed by atoms with Gasteiger partial charge in [0.1, 0.15) is 5.82 Å². The highest BCUT2D eigenvalue weighted by Gasteiger charge is 2.28. The molecule has 1 saturated heterocycles. The van der Waals surface area contributed by atoms with Gasteiger partial charge < -0.3 is 15.4 Å². The molecule has 0 bridgehead atoms. The maximum atomic E-state index is 5.72. The number of morpholine rings is 1. The summed E-state index contributed by atoms with van der Waals surface area (Å²) < 4.78 is 5.46. The fourth-order valence-corrected chi connectivity index (χ4v) is 5.44. The van der Waals surface area contributed by atoms with Gasteiger partial charge in [-0.2, -0.15) is 5.10 Å². The molecular weight excluding hydrogens is 394 g/mol. The third-order valence-electron chi connectivity index (χ3n) is 5.87. The van der Waals surface area contributed by atoms with Crippen LogP contribution in [0.4, 0.5) is 11.5 Å². The van der Waals surface area contributed by atoms with E-state index in [-0.39, 0.29) is 0 Å². The number of hydrogen-bond acceptors (Lipinski definition) is 6. The number of nitrogens with zero attached hydrogens (tertiary/aromatic N) is 3. The lowest BCUT2D eigenvalue weighted by Crippen LogP contribution is -2.36. The van der Waals surface area contributed by atoms with Gasteiger partial charge in [-0.3, -0.25) is 5.10 Å². The lowest BCUT2D eigenvalue weighted by Gasteiger charge is -2.28. The molecule has 0 atom stereocenters. The predicted molar refractivity (Wildman–Crippen MR) is 121 cm³/mol. The molecule has 0 amide bonds. The first kappa shape index (κ1) is 17.7. The van der Waals surface area contributed by atoms with Crippen molar-refractivity contribution in [1.82, 2.24) is 15.2 Å². The molecule has 150 valence electrons. The molecule has 2 aliphatic rings. The maximum absolute atomic E-state index is 5.72. The van der Waals surface area contributed by atoms with Crippen molar-refractivity contribution in [2.45, 2.75) is 6.42 Å². The lowest BCUT2D eigenvalue weighted by atomic mass is 10.1. The summed E-state index contributed by atoms with van der Waals surface area (Å²) in [5.74, 6) is 0.544. The Labute approximate surface area is 178 Å². The number of nitrogens with two attached hydrogens (primary N) is 1. The van der Waals surface area contributed by atoms with Gasteiger partial charge in [0.15, 0.2) is 0 Å². The van der Waals surface area contributed by atoms with E-state index in [4.69, 9.17) is 10.5 Å². The summed E-state index contributed by atoms with van der Waals surface area (Å²) in [7, 11) is 0. The quantitative estimate of drug-likeness (QED) is 0.462. The second-order valence-corrected chi connectivity index (χ2v) is 8.80. The number of thiophene rings is 1. The van der Waals surface area contributed by atoms with Crippen molar-refractivity contribution in [1.29, 1.82) is 0 Å². The molecule has 0 unspecified atom stereocenters. The number of H-pyrrole nitrogens is 1. The lowest BCUT2D eigenvalue weighted by molar-refractivity contribution is 0.122. The zero-order valence-electron chi connectivity index (χ0n) is 16.4. The van der Waals surface area contributed by atoms with Crippen molar-refractivity contribution in [2.24, 2.45) is 0 Å². The number of ether oxygens (including phenoxy) is 1. The van der Waals surface area contributed by atoms with Crippen LogP contribution in [-0.4, -0.2) is 41.5 Å². The van der Waals surface area contributed by atoms with Crippen LogP contribution in [0.2, 0.25) is 0 Å². The van der Waals surface area contributed by atoms with E-state index in [1.54, 1.807) is 0 Å². The third-order valence-corrected chi connectivity index (χ3v) is 7.05. The van der Waals surface area contributed by atoms with Crippen molar-refractivity contribution >= 4 is 22.8 Å². The number of nitrogens with one attached hydrogen (secondary N) is 1. The van der Waals surface area contributed by atoms with Crippen molar-refractivity contribution in [3.05, 3.63) is 59.1 Å². The van der Waals surface area contributed by atoms with E-state index in [1.165, 1.54) is 26.6 Å². The van der Waals surface area contributed by atoms with Gasteiger partial charge in [0.05, 0.1) is 24.6 Å². The molecule has 1 aliphatic carbocycles. The molecular formula is C23H21N5OS. The van der Waals surface area contributed by atoms with Crippen LogP contribution in [0.15, 0.2) is 48.7 Å². The number of benzene rings is 1. The van der Waals surface area contributed by atoms with Crippen molar-refractivity contribution in [2.75, 3.05) is 36.9 Å². The monoisotopic (exact) mass is 415 g/mol. The topological polar surface area (TPSA) is 80.1 Å². The molecule has 30 heavy (non-hydrogen) atoms. The van der Waals surface area contributed by atoms with Crippen molar-refractivity contribution in [3.63, 3.8) is 0 Å². The largest absolute Gasteiger partial charge is 0.384 e. The first-order valence-electron chi connectivity index (χ1n) is 10.1. The minimum absolute atomic E-state index is 0.544. The predicted octanol–water partition coefficient (Wildman–Crippen LogP) is 4.19. The van der Waals surface area contributed by atoms with Gasteiger partial charge in [-0.1, -0.05) is 12.1 Å². The second-order valence-electron chi connectivity index (χ2n) is 7.67. The SMILES string of the molecule is Nc1ccc(-c2cc3c(s2)Cc2c(-c4ccc(N5CCOCC5)cc4)n[nH]c2-3)cn1. The molecule has 1 aromatic carbocycles. The van der Waals surface area contributed by atoms with Crippen LogP contribution in [0.3, 0.4) is 0 Å². The Kier molecular flexibility index (Phi) is 4.11. The Morgan fingerprint density at radius 1 is 1.03 bits per heavy atom. The van der Waals surface area contributed by atoms with E-state index in [1.807, 2.05) is 29.7 Å². The smallest absolute Gasteiger partial charge is 0.123 e. The van der Waals surface area contributed by atoms with E-state index in [0.29, 0.717) is 5.82 Å². The van der Waals surface area contributed by atoms with Crippen LogP contribution in [-0.2, 0) is 11.2 Å². The summed E-state index contributed by atoms with van der Waals surface area (Å²) >= 11 is 1.82. The Bertz CT molecular complexity index is 1200. The number of aromatic nitrogens is 3. The molecule has 6 rings (SSSR count). The molecule has 0 spiro atoms. The highest BCUT2D eigenvalue weighted by molar-refractivity contribution is 7.16. The van der Waals surface area contributed by atoms with Crippen LogP contribution in [0.5, 0.6) is 0 Å². The molecule has 4 heterocycles. The Hall–Kier alpha value is -3.16. The zero-order valence-corrected chi connectivity index (χ0v) is 17.2. The van der Waals surface area contributed by atoms with E-state index in [2.05, 4.69) is 50.4 Å². The molecule has 7 heteroatoms. The minimum atomic E-state index is 0.544. The number of pyridine rings is 1. The first-order valence-corrected chi connectivity index (χ1v) is 10.9. The number of fused-ring (bicyclic) bond motifs is 3. The Morgan fingerprint density at radius 2 is 1.83 bits per heavy atom. The van der Waals surface area contributed by atoms with Crippen LogP contribution in [0, 0.1) is 0 Å². The number of nitrogen functional groups attached to an aromatic ring is 1. The fraction of sp³-hybridized carbons (Fsp3) is 0.217. The van der Waals surface area contributed by atoms with Gasteiger partial charge >= 0.3 is 0 Å². The van der Waals surface area contributed by atoms with Crippen LogP contribution in [0.25, 0.3) is 33.0 Å². The van der Waals surface area contributed by atoms with Gasteiger partial charge in [-0.05, 0) is 30.3 Å². The highest BCUT2D eigenvalue weighted by Crippen LogP contribution is 2.46. The second kappa shape index (κ2) is 6.97. The minimum Gasteiger partial charge on any atom is -0.384 e. The van der Waals surface area contributed by atoms with Crippen molar-refractivity contribution in [3.8, 4) is 33.0 Å². The van der Waals surface area contributed by atoms with Crippen LogP contribution < -0.4 is 10.6 Å². The van der Waals surface area contributed by atoms with E-state index in [0.717, 1.165) is 55.2 Å². The third kappa shape index (κ3) is 2.89. The Morgan fingerprint density at radius 3 is 2.60 bits per heavy atom. The van der Waals surface area contributed by atoms with Gasteiger partial charge in [0.2, 0.25) is 0 Å². The average Bonchev–Trinajstić information content (AvgIpc) is 3.46. The standard InChI is InChI=1S/C23H21N5OS/c24-21-6-3-15(13-25-21)19-11-17-20(30-19)12-18-22(26-27-23(17)18)14-1-4-16(5-2-14)28-7-9-29-10-8-28/h1-6,11,13H,7-10,12H2,(H2,24,25)(H,26,27). The summed E-state index contributed by atoms with van der Waals surface area (Å²) in [5, 5.41) is 7.95. The molecule has 3 N–H and O–H groups in total. The summed E-state index contributed by atoms with van der Waals surface area (Å²) in [4.78, 5) is 9.17. The number of hydrogen-bond donors (Lipinski definition) is 2. The number of rotatable bonds is 3.